The third-order valence-corrected chi connectivity index (χ3v) is 5.22. The lowest BCUT2D eigenvalue weighted by Gasteiger charge is -2.13. The zero-order chi connectivity index (χ0) is 17.7. The number of aromatic nitrogens is 2. The van der Waals surface area contributed by atoms with Gasteiger partial charge in [-0.1, -0.05) is 66.7 Å². The second-order valence-electron chi connectivity index (χ2n) is 6.67. The first-order valence-corrected chi connectivity index (χ1v) is 9.03. The molecule has 26 heavy (non-hydrogen) atoms. The van der Waals surface area contributed by atoms with Crippen LogP contribution in [-0.2, 0) is 0 Å². The van der Waals surface area contributed by atoms with Crippen LogP contribution >= 0.6 is 0 Å². The summed E-state index contributed by atoms with van der Waals surface area (Å²) in [4.78, 5) is 0. The highest BCUT2D eigenvalue weighted by atomic mass is 15.5. The Hall–Kier alpha value is -3.26. The summed E-state index contributed by atoms with van der Waals surface area (Å²) in [5, 5.41) is 3.85. The van der Waals surface area contributed by atoms with E-state index in [-0.39, 0.29) is 0 Å². The van der Waals surface area contributed by atoms with Crippen LogP contribution < -0.4 is 0 Å². The summed E-state index contributed by atoms with van der Waals surface area (Å²) >= 11 is 0. The van der Waals surface area contributed by atoms with Gasteiger partial charge < -0.3 is 0 Å². The van der Waals surface area contributed by atoms with E-state index in [1.54, 1.807) is 0 Å². The first-order chi connectivity index (χ1) is 12.8. The molecule has 2 heteroatoms. The van der Waals surface area contributed by atoms with Crippen LogP contribution in [0.25, 0.3) is 38.8 Å². The average Bonchev–Trinajstić information content (AvgIpc) is 3.15. The highest BCUT2D eigenvalue weighted by Crippen LogP contribution is 2.33. The van der Waals surface area contributed by atoms with Crippen molar-refractivity contribution in [3.63, 3.8) is 0 Å². The molecule has 0 radical (unpaired) electrons. The minimum Gasteiger partial charge on any atom is -0.252 e. The lowest BCUT2D eigenvalue weighted by molar-refractivity contribution is 0.719. The average molecular weight is 336 g/mol. The third-order valence-electron chi connectivity index (χ3n) is 5.22. The van der Waals surface area contributed by atoms with E-state index in [1.807, 2.05) is 0 Å². The van der Waals surface area contributed by atoms with Gasteiger partial charge in [0.1, 0.15) is 0 Å². The molecule has 0 fully saturated rings. The largest absolute Gasteiger partial charge is 0.252 e. The number of hydrogen-bond acceptors (Lipinski definition) is 0. The molecular formula is C24H20N2. The van der Waals surface area contributed by atoms with Gasteiger partial charge in [0.15, 0.2) is 0 Å². The number of para-hydroxylation sites is 3. The predicted octanol–water partition coefficient (Wildman–Crippen LogP) is 6.40. The fraction of sp³-hybridized carbons (Fsp3) is 0.0833. The van der Waals surface area contributed by atoms with Crippen LogP contribution in [0, 0.1) is 6.92 Å². The van der Waals surface area contributed by atoms with E-state index in [4.69, 9.17) is 0 Å². The molecule has 2 heterocycles. The maximum Gasteiger partial charge on any atom is 0.0716 e. The molecule has 0 spiro atoms. The van der Waals surface area contributed by atoms with E-state index >= 15 is 0 Å². The number of nitrogens with zero attached hydrogens (tertiary/aromatic N) is 2. The Bertz CT molecular complexity index is 1250. The molecule has 3 aromatic carbocycles. The van der Waals surface area contributed by atoms with E-state index in [1.165, 1.54) is 44.0 Å². The Morgan fingerprint density at radius 2 is 1.08 bits per heavy atom. The van der Waals surface area contributed by atoms with Gasteiger partial charge in [-0.25, -0.2) is 4.68 Å². The SMILES string of the molecule is C/C=C\c1c(C)n(-n2c3ccccc3c3ccccc32)c2ccccc12. The summed E-state index contributed by atoms with van der Waals surface area (Å²) < 4.78 is 4.71. The monoisotopic (exact) mass is 336 g/mol. The maximum absolute atomic E-state index is 2.36. The van der Waals surface area contributed by atoms with Crippen molar-refractivity contribution >= 4 is 38.8 Å². The second-order valence-corrected chi connectivity index (χ2v) is 6.67. The Balaban J connectivity index is 2.03. The molecular weight excluding hydrogens is 316 g/mol. The first kappa shape index (κ1) is 15.0. The van der Waals surface area contributed by atoms with E-state index in [2.05, 4.69) is 108 Å². The molecule has 0 aliphatic carbocycles. The van der Waals surface area contributed by atoms with Crippen LogP contribution in [0.1, 0.15) is 18.2 Å². The van der Waals surface area contributed by atoms with Crippen molar-refractivity contribution in [1.82, 2.24) is 9.35 Å². The molecule has 0 bridgehead atoms. The van der Waals surface area contributed by atoms with Gasteiger partial charge in [0.2, 0.25) is 0 Å². The molecule has 2 nitrogen and oxygen atoms in total. The normalized spacial score (nSPS) is 12.1. The number of allylic oxidation sites excluding steroid dienone is 1. The van der Waals surface area contributed by atoms with Gasteiger partial charge in [-0.3, -0.25) is 4.68 Å². The standard InChI is InChI=1S/C24H20N2/c1-3-10-18-17(2)25(22-14-7-4-11-19(18)22)26-23-15-8-5-12-20(23)21-13-6-9-16-24(21)26/h3-16H,1-2H3/b10-3-. The van der Waals surface area contributed by atoms with Crippen molar-refractivity contribution in [3.05, 3.63) is 90.1 Å². The fourth-order valence-corrected chi connectivity index (χ4v) is 4.13. The summed E-state index contributed by atoms with van der Waals surface area (Å²) in [5.41, 5.74) is 6.21. The molecule has 0 aliphatic heterocycles. The third kappa shape index (κ3) is 1.93. The summed E-state index contributed by atoms with van der Waals surface area (Å²) in [6.45, 7) is 4.28. The predicted molar refractivity (Wildman–Crippen MR) is 112 cm³/mol. The van der Waals surface area contributed by atoms with Gasteiger partial charge in [0, 0.05) is 27.4 Å². The zero-order valence-corrected chi connectivity index (χ0v) is 15.0. The van der Waals surface area contributed by atoms with E-state index in [0.29, 0.717) is 0 Å². The maximum atomic E-state index is 2.36. The molecule has 0 unspecified atom stereocenters. The number of hydrogen-bond donors (Lipinski definition) is 0. The highest BCUT2D eigenvalue weighted by molar-refractivity contribution is 6.08. The lowest BCUT2D eigenvalue weighted by Crippen LogP contribution is -2.10. The Labute approximate surface area is 152 Å². The van der Waals surface area contributed by atoms with Crippen LogP contribution in [0.4, 0.5) is 0 Å². The molecule has 5 aromatic rings. The van der Waals surface area contributed by atoms with Crippen molar-refractivity contribution in [3.8, 4) is 0 Å². The summed E-state index contributed by atoms with van der Waals surface area (Å²) in [6.07, 6.45) is 4.33. The highest BCUT2D eigenvalue weighted by Gasteiger charge is 2.17. The number of rotatable bonds is 2. The molecule has 0 aliphatic rings. The summed E-state index contributed by atoms with van der Waals surface area (Å²) in [5.74, 6) is 0. The Kier molecular flexibility index (Phi) is 3.26. The number of fused-ring (bicyclic) bond motifs is 4. The molecule has 0 saturated heterocycles. The van der Waals surface area contributed by atoms with Crippen LogP contribution in [0.5, 0.6) is 0 Å². The van der Waals surface area contributed by atoms with Gasteiger partial charge in [-0.2, -0.15) is 0 Å². The van der Waals surface area contributed by atoms with Gasteiger partial charge in [-0.05, 0) is 32.0 Å². The van der Waals surface area contributed by atoms with Crippen LogP contribution in [0.15, 0.2) is 78.9 Å². The minimum absolute atomic E-state index is 1.23. The van der Waals surface area contributed by atoms with Crippen molar-refractivity contribution < 1.29 is 0 Å². The Morgan fingerprint density at radius 3 is 1.62 bits per heavy atom. The van der Waals surface area contributed by atoms with Crippen LogP contribution in [0.2, 0.25) is 0 Å². The van der Waals surface area contributed by atoms with Crippen molar-refractivity contribution in [1.29, 1.82) is 0 Å². The summed E-state index contributed by atoms with van der Waals surface area (Å²) in [6, 6.07) is 26.0. The minimum atomic E-state index is 1.23. The molecule has 5 rings (SSSR count). The first-order valence-electron chi connectivity index (χ1n) is 9.03. The summed E-state index contributed by atoms with van der Waals surface area (Å²) in [7, 11) is 0. The Morgan fingerprint density at radius 1 is 0.615 bits per heavy atom. The van der Waals surface area contributed by atoms with E-state index in [9.17, 15) is 0 Å². The van der Waals surface area contributed by atoms with Gasteiger partial charge in [0.25, 0.3) is 0 Å². The molecule has 0 saturated carbocycles. The topological polar surface area (TPSA) is 9.86 Å². The zero-order valence-electron chi connectivity index (χ0n) is 15.0. The lowest BCUT2D eigenvalue weighted by atomic mass is 10.1. The van der Waals surface area contributed by atoms with Crippen molar-refractivity contribution in [2.24, 2.45) is 0 Å². The van der Waals surface area contributed by atoms with Crippen LogP contribution in [0.3, 0.4) is 0 Å². The molecule has 2 aromatic heterocycles. The molecule has 126 valence electrons. The fourth-order valence-electron chi connectivity index (χ4n) is 4.13. The van der Waals surface area contributed by atoms with Crippen molar-refractivity contribution in [2.45, 2.75) is 13.8 Å². The van der Waals surface area contributed by atoms with E-state index < -0.39 is 0 Å². The van der Waals surface area contributed by atoms with Gasteiger partial charge in [-0.15, -0.1) is 0 Å². The van der Waals surface area contributed by atoms with Gasteiger partial charge >= 0.3 is 0 Å². The van der Waals surface area contributed by atoms with E-state index in [0.717, 1.165) is 0 Å². The smallest absolute Gasteiger partial charge is 0.0716 e. The van der Waals surface area contributed by atoms with Crippen molar-refractivity contribution in [2.75, 3.05) is 0 Å². The molecule has 0 N–H and O–H groups in total. The van der Waals surface area contributed by atoms with Gasteiger partial charge in [0.05, 0.1) is 16.6 Å². The number of benzene rings is 3. The quantitative estimate of drug-likeness (QED) is 0.353. The molecule has 0 amide bonds. The second kappa shape index (κ2) is 5.63. The molecule has 0 atom stereocenters. The van der Waals surface area contributed by atoms with Crippen LogP contribution in [-0.4, -0.2) is 9.35 Å².